The number of aryl methyl sites for hydroxylation is 1. The Morgan fingerprint density at radius 3 is 2.48 bits per heavy atom. The zero-order valence-electron chi connectivity index (χ0n) is 11.8. The number of benzene rings is 2. The maximum absolute atomic E-state index is 12.7. The molecule has 0 heterocycles. The molecule has 0 radical (unpaired) electrons. The Kier molecular flexibility index (Phi) is 4.35. The van der Waals surface area contributed by atoms with Gasteiger partial charge in [0.15, 0.2) is 0 Å². The molecule has 2 rings (SSSR count). The number of nitro benzene ring substituents is 1. The summed E-state index contributed by atoms with van der Waals surface area (Å²) in [4.78, 5) is 22.2. The number of amides is 1. The Morgan fingerprint density at radius 2 is 1.87 bits per heavy atom. The highest BCUT2D eigenvalue weighted by molar-refractivity contribution is 6.04. The Morgan fingerprint density at radius 1 is 1.17 bits per heavy atom. The molecule has 2 aromatic rings. The summed E-state index contributed by atoms with van der Waals surface area (Å²) in [5.41, 5.74) is -0.640. The van der Waals surface area contributed by atoms with Crippen molar-refractivity contribution in [3.63, 3.8) is 0 Å². The summed E-state index contributed by atoms with van der Waals surface area (Å²) in [7, 11) is 0. The number of anilines is 1. The van der Waals surface area contributed by atoms with Crippen molar-refractivity contribution < 1.29 is 22.9 Å². The molecule has 1 N–H and O–H groups in total. The van der Waals surface area contributed by atoms with Crippen molar-refractivity contribution in [1.29, 1.82) is 0 Å². The minimum absolute atomic E-state index is 0.168. The van der Waals surface area contributed by atoms with Crippen LogP contribution >= 0.6 is 0 Å². The van der Waals surface area contributed by atoms with E-state index >= 15 is 0 Å². The van der Waals surface area contributed by atoms with Gasteiger partial charge in [-0.3, -0.25) is 14.9 Å². The zero-order valence-corrected chi connectivity index (χ0v) is 11.8. The first-order valence-electron chi connectivity index (χ1n) is 6.42. The number of alkyl halides is 3. The average Bonchev–Trinajstić information content (AvgIpc) is 2.48. The van der Waals surface area contributed by atoms with E-state index in [1.807, 2.05) is 0 Å². The molecule has 0 aliphatic carbocycles. The van der Waals surface area contributed by atoms with Crippen LogP contribution < -0.4 is 5.32 Å². The first-order valence-corrected chi connectivity index (χ1v) is 6.42. The largest absolute Gasteiger partial charge is 0.416 e. The van der Waals surface area contributed by atoms with Crippen LogP contribution in [0.5, 0.6) is 0 Å². The lowest BCUT2D eigenvalue weighted by Crippen LogP contribution is -2.14. The molecule has 1 amide bonds. The fraction of sp³-hybridized carbons (Fsp3) is 0.133. The fourth-order valence-electron chi connectivity index (χ4n) is 1.89. The highest BCUT2D eigenvalue weighted by Crippen LogP contribution is 2.30. The Bertz CT molecular complexity index is 773. The molecule has 0 aromatic heterocycles. The van der Waals surface area contributed by atoms with Gasteiger partial charge in [-0.2, -0.15) is 13.2 Å². The van der Waals surface area contributed by atoms with E-state index in [4.69, 9.17) is 0 Å². The van der Waals surface area contributed by atoms with Crippen LogP contribution in [0.25, 0.3) is 0 Å². The van der Waals surface area contributed by atoms with Crippen LogP contribution in [-0.2, 0) is 6.18 Å². The van der Waals surface area contributed by atoms with Gasteiger partial charge in [0.1, 0.15) is 0 Å². The highest BCUT2D eigenvalue weighted by atomic mass is 19.4. The van der Waals surface area contributed by atoms with Crippen LogP contribution in [0, 0.1) is 17.0 Å². The van der Waals surface area contributed by atoms with E-state index in [1.165, 1.54) is 18.2 Å². The molecule has 5 nitrogen and oxygen atoms in total. The second kappa shape index (κ2) is 6.07. The molecular formula is C15H11F3N2O3. The van der Waals surface area contributed by atoms with Gasteiger partial charge in [0.05, 0.1) is 16.2 Å². The lowest BCUT2D eigenvalue weighted by molar-refractivity contribution is -0.384. The summed E-state index contributed by atoms with van der Waals surface area (Å²) in [5, 5.41) is 13.1. The molecule has 2 aromatic carbocycles. The third kappa shape index (κ3) is 3.85. The van der Waals surface area contributed by atoms with Crippen molar-refractivity contribution in [2.24, 2.45) is 0 Å². The van der Waals surface area contributed by atoms with Crippen LogP contribution in [-0.4, -0.2) is 10.8 Å². The lowest BCUT2D eigenvalue weighted by atomic mass is 10.1. The van der Waals surface area contributed by atoms with Gasteiger partial charge < -0.3 is 5.32 Å². The van der Waals surface area contributed by atoms with Gasteiger partial charge in [0.2, 0.25) is 0 Å². The Hall–Kier alpha value is -2.90. The zero-order chi connectivity index (χ0) is 17.2. The summed E-state index contributed by atoms with van der Waals surface area (Å²) < 4.78 is 38.0. The summed E-state index contributed by atoms with van der Waals surface area (Å²) in [5.74, 6) is -0.778. The molecule has 0 fully saturated rings. The number of nitrogens with one attached hydrogen (secondary N) is 1. The second-order valence-electron chi connectivity index (χ2n) is 4.79. The Balaban J connectivity index is 2.29. The number of halogens is 3. The second-order valence-corrected chi connectivity index (χ2v) is 4.79. The van der Waals surface area contributed by atoms with Crippen LogP contribution in [0.3, 0.4) is 0 Å². The van der Waals surface area contributed by atoms with Crippen molar-refractivity contribution in [2.45, 2.75) is 13.1 Å². The molecular weight excluding hydrogens is 313 g/mol. The monoisotopic (exact) mass is 324 g/mol. The van der Waals surface area contributed by atoms with E-state index in [-0.39, 0.29) is 16.9 Å². The maximum Gasteiger partial charge on any atom is 0.416 e. The van der Waals surface area contributed by atoms with E-state index in [2.05, 4.69) is 5.32 Å². The number of hydrogen-bond acceptors (Lipinski definition) is 3. The minimum atomic E-state index is -4.56. The van der Waals surface area contributed by atoms with E-state index in [9.17, 15) is 28.1 Å². The van der Waals surface area contributed by atoms with Crippen molar-refractivity contribution in [3.05, 3.63) is 69.3 Å². The van der Waals surface area contributed by atoms with Crippen LogP contribution in [0.2, 0.25) is 0 Å². The normalized spacial score (nSPS) is 11.1. The number of carbonyl (C=O) groups is 1. The SMILES string of the molecule is Cc1ccc([N+](=O)[O-])cc1NC(=O)c1cccc(C(F)(F)F)c1. The predicted molar refractivity (Wildman–Crippen MR) is 77.2 cm³/mol. The van der Waals surface area contributed by atoms with Crippen molar-refractivity contribution in [2.75, 3.05) is 5.32 Å². The highest BCUT2D eigenvalue weighted by Gasteiger charge is 2.30. The third-order valence-corrected chi connectivity index (χ3v) is 3.13. The number of nitro groups is 1. The summed E-state index contributed by atoms with van der Waals surface area (Å²) >= 11 is 0. The van der Waals surface area contributed by atoms with Crippen LogP contribution in [0.4, 0.5) is 24.5 Å². The fourth-order valence-corrected chi connectivity index (χ4v) is 1.89. The number of hydrogen-bond donors (Lipinski definition) is 1. The molecule has 0 unspecified atom stereocenters. The smallest absolute Gasteiger partial charge is 0.321 e. The minimum Gasteiger partial charge on any atom is -0.321 e. The number of rotatable bonds is 3. The van der Waals surface area contributed by atoms with Gasteiger partial charge in [-0.25, -0.2) is 0 Å². The van der Waals surface area contributed by atoms with Crippen molar-refractivity contribution in [3.8, 4) is 0 Å². The van der Waals surface area contributed by atoms with E-state index in [0.717, 1.165) is 24.3 Å². The molecule has 0 aliphatic rings. The molecule has 0 bridgehead atoms. The van der Waals surface area contributed by atoms with Gasteiger partial charge >= 0.3 is 6.18 Å². The van der Waals surface area contributed by atoms with E-state index in [1.54, 1.807) is 6.92 Å². The quantitative estimate of drug-likeness (QED) is 0.680. The first kappa shape index (κ1) is 16.5. The van der Waals surface area contributed by atoms with Gasteiger partial charge in [-0.15, -0.1) is 0 Å². The van der Waals surface area contributed by atoms with Crippen LogP contribution in [0.1, 0.15) is 21.5 Å². The van der Waals surface area contributed by atoms with Gasteiger partial charge in [-0.05, 0) is 30.7 Å². The van der Waals surface area contributed by atoms with E-state index in [0.29, 0.717) is 5.56 Å². The topological polar surface area (TPSA) is 72.2 Å². The van der Waals surface area contributed by atoms with Gasteiger partial charge in [0.25, 0.3) is 11.6 Å². The molecule has 120 valence electrons. The lowest BCUT2D eigenvalue weighted by Gasteiger charge is -2.10. The van der Waals surface area contributed by atoms with Crippen molar-refractivity contribution in [1.82, 2.24) is 0 Å². The summed E-state index contributed by atoms with van der Waals surface area (Å²) in [6, 6.07) is 7.81. The number of nitrogens with zero attached hydrogens (tertiary/aromatic N) is 1. The standard InChI is InChI=1S/C15H11F3N2O3/c1-9-5-6-12(20(22)23)8-13(9)19-14(21)10-3-2-4-11(7-10)15(16,17)18/h2-8H,1H3,(H,19,21). The first-order chi connectivity index (χ1) is 10.7. The number of non-ortho nitro benzene ring substituents is 1. The molecule has 23 heavy (non-hydrogen) atoms. The van der Waals surface area contributed by atoms with Crippen molar-refractivity contribution >= 4 is 17.3 Å². The summed E-state index contributed by atoms with van der Waals surface area (Å²) in [6.07, 6.45) is -4.56. The third-order valence-electron chi connectivity index (χ3n) is 3.13. The molecule has 0 atom stereocenters. The Labute approximate surface area is 128 Å². The van der Waals surface area contributed by atoms with Gasteiger partial charge in [0, 0.05) is 17.7 Å². The predicted octanol–water partition coefficient (Wildman–Crippen LogP) is 4.17. The molecule has 0 saturated heterocycles. The molecule has 0 saturated carbocycles. The summed E-state index contributed by atoms with van der Waals surface area (Å²) in [6.45, 7) is 1.62. The molecule has 0 aliphatic heterocycles. The maximum atomic E-state index is 12.7. The van der Waals surface area contributed by atoms with Crippen LogP contribution in [0.15, 0.2) is 42.5 Å². The molecule has 8 heteroatoms. The average molecular weight is 324 g/mol. The molecule has 0 spiro atoms. The van der Waals surface area contributed by atoms with Gasteiger partial charge in [-0.1, -0.05) is 12.1 Å². The van der Waals surface area contributed by atoms with E-state index < -0.39 is 22.6 Å². The number of carbonyl (C=O) groups excluding carboxylic acids is 1.